The molecule has 1 aromatic rings. The molecule has 0 heterocycles. The van der Waals surface area contributed by atoms with E-state index in [0.29, 0.717) is 0 Å². The van der Waals surface area contributed by atoms with E-state index in [9.17, 15) is 9.90 Å². The van der Waals surface area contributed by atoms with E-state index in [0.717, 1.165) is 36.7 Å². The molecule has 0 aliphatic heterocycles. The Labute approximate surface area is 211 Å². The first-order valence-corrected chi connectivity index (χ1v) is 14.6. The van der Waals surface area contributed by atoms with Gasteiger partial charge in [0.15, 0.2) is 0 Å². The fourth-order valence-electron chi connectivity index (χ4n) is 5.01. The Morgan fingerprint density at radius 3 is 1.56 bits per heavy atom. The van der Waals surface area contributed by atoms with Gasteiger partial charge in [0.05, 0.1) is 26.7 Å². The third kappa shape index (κ3) is 18.0. The van der Waals surface area contributed by atoms with Crippen LogP contribution in [0.1, 0.15) is 128 Å². The van der Waals surface area contributed by atoms with Crippen LogP contribution in [0.5, 0.6) is 0 Å². The van der Waals surface area contributed by atoms with E-state index in [1.54, 1.807) is 0 Å². The smallest absolute Gasteiger partial charge is 0.0825 e. The van der Waals surface area contributed by atoms with Gasteiger partial charge in [-0.25, -0.2) is 0 Å². The molecule has 0 saturated carbocycles. The lowest BCUT2D eigenvalue weighted by Gasteiger charge is -2.35. The number of quaternary nitrogens is 1. The molecule has 3 nitrogen and oxygen atoms in total. The van der Waals surface area contributed by atoms with Gasteiger partial charge in [-0.2, -0.15) is 0 Å². The zero-order valence-corrected chi connectivity index (χ0v) is 22.7. The van der Waals surface area contributed by atoms with Crippen molar-refractivity contribution >= 4 is 5.97 Å². The molecular weight excluding hydrogens is 418 g/mol. The van der Waals surface area contributed by atoms with Gasteiger partial charge < -0.3 is 14.4 Å². The number of carbonyl (C=O) groups is 1. The molecule has 0 N–H and O–H groups in total. The van der Waals surface area contributed by atoms with Crippen LogP contribution in [0.4, 0.5) is 0 Å². The SMILES string of the molecule is CCCCCCCCCCCCCCCC[N+](C)(CCCCCC(=O)[O-])CCc1ccccc1. The maximum absolute atomic E-state index is 10.7. The Morgan fingerprint density at radius 2 is 1.09 bits per heavy atom. The van der Waals surface area contributed by atoms with Crippen molar-refractivity contribution in [3.05, 3.63) is 35.9 Å². The summed E-state index contributed by atoms with van der Waals surface area (Å²) in [5.74, 6) is -0.913. The van der Waals surface area contributed by atoms with Crippen molar-refractivity contribution in [3.8, 4) is 0 Å². The summed E-state index contributed by atoms with van der Waals surface area (Å²) >= 11 is 0. The highest BCUT2D eigenvalue weighted by atomic mass is 16.4. The van der Waals surface area contributed by atoms with E-state index < -0.39 is 5.97 Å². The summed E-state index contributed by atoms with van der Waals surface area (Å²) < 4.78 is 1.11. The van der Waals surface area contributed by atoms with E-state index >= 15 is 0 Å². The predicted molar refractivity (Wildman–Crippen MR) is 145 cm³/mol. The Hall–Kier alpha value is -1.35. The summed E-state index contributed by atoms with van der Waals surface area (Å²) in [5.41, 5.74) is 1.42. The molecule has 0 amide bonds. The molecule has 0 aliphatic carbocycles. The first-order valence-electron chi connectivity index (χ1n) is 14.6. The van der Waals surface area contributed by atoms with Gasteiger partial charge in [0.2, 0.25) is 0 Å². The Bertz CT molecular complexity index is 588. The molecular formula is C31H55NO2. The molecule has 196 valence electrons. The van der Waals surface area contributed by atoms with Gasteiger partial charge in [-0.1, -0.05) is 114 Å². The maximum atomic E-state index is 10.7. The molecule has 1 aromatic carbocycles. The minimum Gasteiger partial charge on any atom is -0.550 e. The van der Waals surface area contributed by atoms with Crippen molar-refractivity contribution in [2.75, 3.05) is 26.7 Å². The lowest BCUT2D eigenvalue weighted by atomic mass is 10.0. The molecule has 3 heteroatoms. The topological polar surface area (TPSA) is 40.1 Å². The van der Waals surface area contributed by atoms with Crippen molar-refractivity contribution in [1.29, 1.82) is 0 Å². The summed E-state index contributed by atoms with van der Waals surface area (Å²) in [4.78, 5) is 10.7. The average molecular weight is 474 g/mol. The second-order valence-electron chi connectivity index (χ2n) is 10.8. The first kappa shape index (κ1) is 30.7. The van der Waals surface area contributed by atoms with Crippen molar-refractivity contribution < 1.29 is 14.4 Å². The fraction of sp³-hybridized carbons (Fsp3) is 0.774. The van der Waals surface area contributed by atoms with Gasteiger partial charge in [-0.15, -0.1) is 0 Å². The number of unbranched alkanes of at least 4 members (excludes halogenated alkanes) is 15. The van der Waals surface area contributed by atoms with Crippen LogP contribution in [0.15, 0.2) is 30.3 Å². The van der Waals surface area contributed by atoms with Crippen LogP contribution in [0.3, 0.4) is 0 Å². The number of hydrogen-bond acceptors (Lipinski definition) is 2. The predicted octanol–water partition coefficient (Wildman–Crippen LogP) is 7.47. The molecule has 0 spiro atoms. The third-order valence-electron chi connectivity index (χ3n) is 7.41. The van der Waals surface area contributed by atoms with Crippen LogP contribution < -0.4 is 5.11 Å². The highest BCUT2D eigenvalue weighted by Crippen LogP contribution is 2.16. The lowest BCUT2D eigenvalue weighted by molar-refractivity contribution is -0.909. The molecule has 34 heavy (non-hydrogen) atoms. The third-order valence-corrected chi connectivity index (χ3v) is 7.41. The van der Waals surface area contributed by atoms with Crippen LogP contribution in [0.25, 0.3) is 0 Å². The fourth-order valence-corrected chi connectivity index (χ4v) is 5.01. The monoisotopic (exact) mass is 473 g/mol. The van der Waals surface area contributed by atoms with Gasteiger partial charge in [-0.05, 0) is 44.1 Å². The molecule has 0 radical (unpaired) electrons. The van der Waals surface area contributed by atoms with Gasteiger partial charge >= 0.3 is 0 Å². The zero-order chi connectivity index (χ0) is 24.7. The second-order valence-corrected chi connectivity index (χ2v) is 10.8. The van der Waals surface area contributed by atoms with Gasteiger partial charge in [-0.3, -0.25) is 0 Å². The maximum Gasteiger partial charge on any atom is 0.0825 e. The number of carboxylic acids is 1. The van der Waals surface area contributed by atoms with E-state index in [1.807, 2.05) is 0 Å². The number of rotatable bonds is 24. The highest BCUT2D eigenvalue weighted by molar-refractivity contribution is 5.64. The van der Waals surface area contributed by atoms with E-state index in [2.05, 4.69) is 44.3 Å². The number of likely N-dealkylation sites (N-methyl/N-ethyl adjacent to an activating group) is 1. The van der Waals surface area contributed by atoms with Crippen molar-refractivity contribution in [1.82, 2.24) is 0 Å². The zero-order valence-electron chi connectivity index (χ0n) is 22.7. The Kier molecular flexibility index (Phi) is 18.9. The van der Waals surface area contributed by atoms with Gasteiger partial charge in [0.1, 0.15) is 0 Å². The second kappa shape index (κ2) is 21.0. The molecule has 0 saturated heterocycles. The number of nitrogens with zero attached hydrogens (tertiary/aromatic N) is 1. The van der Waals surface area contributed by atoms with Gasteiger partial charge in [0.25, 0.3) is 0 Å². The molecule has 1 atom stereocenters. The number of carboxylic acid groups (broad SMARTS) is 1. The van der Waals surface area contributed by atoms with Crippen LogP contribution in [0.2, 0.25) is 0 Å². The minimum absolute atomic E-state index is 0.201. The minimum atomic E-state index is -0.913. The summed E-state index contributed by atoms with van der Waals surface area (Å²) in [6, 6.07) is 10.8. The molecule has 0 aliphatic rings. The Balaban J connectivity index is 2.16. The van der Waals surface area contributed by atoms with Crippen LogP contribution in [-0.2, 0) is 11.2 Å². The number of benzene rings is 1. The normalized spacial score (nSPS) is 13.1. The molecule has 0 aromatic heterocycles. The van der Waals surface area contributed by atoms with Crippen LogP contribution >= 0.6 is 0 Å². The highest BCUT2D eigenvalue weighted by Gasteiger charge is 2.20. The molecule has 1 unspecified atom stereocenters. The molecule has 1 rings (SSSR count). The average Bonchev–Trinajstić information content (AvgIpc) is 2.83. The Morgan fingerprint density at radius 1 is 0.647 bits per heavy atom. The quantitative estimate of drug-likeness (QED) is 0.115. The van der Waals surface area contributed by atoms with Crippen molar-refractivity contribution in [3.63, 3.8) is 0 Å². The number of hydrogen-bond donors (Lipinski definition) is 0. The molecule has 0 fully saturated rings. The van der Waals surface area contributed by atoms with Crippen molar-refractivity contribution in [2.24, 2.45) is 0 Å². The van der Waals surface area contributed by atoms with Gasteiger partial charge in [0, 0.05) is 12.4 Å². The number of carbonyl (C=O) groups excluding carboxylic acids is 1. The van der Waals surface area contributed by atoms with Crippen LogP contribution in [-0.4, -0.2) is 37.1 Å². The number of aliphatic carboxylic acids is 1. The summed E-state index contributed by atoms with van der Waals surface area (Å²) in [5, 5.41) is 10.7. The first-order chi connectivity index (χ1) is 16.6. The largest absolute Gasteiger partial charge is 0.550 e. The summed E-state index contributed by atoms with van der Waals surface area (Å²) in [6.07, 6.45) is 23.8. The van der Waals surface area contributed by atoms with E-state index in [1.165, 1.54) is 109 Å². The lowest BCUT2D eigenvalue weighted by Crippen LogP contribution is -2.47. The standard InChI is InChI=1S/C31H55NO2/c1-3-4-5-6-7-8-9-10-11-12-13-14-15-21-27-32(2,28-22-17-20-25-31(33)34)29-26-30-23-18-16-19-24-30/h16,18-19,23-24H,3-15,17,20-22,25-29H2,1-2H3. The summed E-state index contributed by atoms with van der Waals surface area (Å²) in [6.45, 7) is 5.85. The van der Waals surface area contributed by atoms with E-state index in [-0.39, 0.29) is 6.42 Å². The summed E-state index contributed by atoms with van der Waals surface area (Å²) in [7, 11) is 2.41. The van der Waals surface area contributed by atoms with Crippen molar-refractivity contribution in [2.45, 2.75) is 129 Å². The molecule has 0 bridgehead atoms. The van der Waals surface area contributed by atoms with E-state index in [4.69, 9.17) is 0 Å². The van der Waals surface area contributed by atoms with Crippen LogP contribution in [0, 0.1) is 0 Å².